The monoisotopic (exact) mass is 332 g/mol. The molecular weight excluding hydrogens is 311 g/mol. The lowest BCUT2D eigenvalue weighted by Crippen LogP contribution is -2.44. The largest absolute Gasteiger partial charge is 0.465 e. The number of amides is 1. The first kappa shape index (κ1) is 17.9. The summed E-state index contributed by atoms with van der Waals surface area (Å²) in [5.74, 6) is -0.279. The van der Waals surface area contributed by atoms with Crippen LogP contribution < -0.4 is 10.6 Å². The van der Waals surface area contributed by atoms with Crippen LogP contribution in [0.5, 0.6) is 0 Å². The molecule has 128 valence electrons. The van der Waals surface area contributed by atoms with Crippen molar-refractivity contribution in [3.8, 4) is 0 Å². The number of carbonyl (C=O) groups is 1. The first-order valence-electron chi connectivity index (χ1n) is 7.70. The molecule has 24 heavy (non-hydrogen) atoms. The van der Waals surface area contributed by atoms with Crippen molar-refractivity contribution < 1.29 is 19.0 Å². The fourth-order valence-electron chi connectivity index (χ4n) is 2.21. The molecule has 0 aliphatic carbocycles. The van der Waals surface area contributed by atoms with Gasteiger partial charge in [0, 0.05) is 13.1 Å². The second kappa shape index (κ2) is 9.64. The molecule has 1 unspecified atom stereocenters. The molecule has 1 amide bonds. The number of nitrogens with one attached hydrogen (secondary N) is 2. The zero-order valence-corrected chi connectivity index (χ0v) is 13.2. The molecule has 2 aromatic rings. The highest BCUT2D eigenvalue weighted by Gasteiger charge is 2.11. The SMILES string of the molecule is O=C(O)NC(CNCc1ccc(F)cc1)COCc1ccccc1. The van der Waals surface area contributed by atoms with Gasteiger partial charge in [-0.15, -0.1) is 0 Å². The van der Waals surface area contributed by atoms with E-state index in [0.29, 0.717) is 19.7 Å². The minimum Gasteiger partial charge on any atom is -0.465 e. The molecule has 0 saturated carbocycles. The summed E-state index contributed by atoms with van der Waals surface area (Å²) >= 11 is 0. The quantitative estimate of drug-likeness (QED) is 0.660. The second-order valence-corrected chi connectivity index (χ2v) is 5.40. The van der Waals surface area contributed by atoms with E-state index in [1.165, 1.54) is 12.1 Å². The summed E-state index contributed by atoms with van der Waals surface area (Å²) in [4.78, 5) is 10.9. The van der Waals surface area contributed by atoms with E-state index in [4.69, 9.17) is 9.84 Å². The van der Waals surface area contributed by atoms with Gasteiger partial charge in [0.15, 0.2) is 0 Å². The first-order chi connectivity index (χ1) is 11.6. The van der Waals surface area contributed by atoms with Crippen molar-refractivity contribution in [3.63, 3.8) is 0 Å². The van der Waals surface area contributed by atoms with Gasteiger partial charge in [0.2, 0.25) is 0 Å². The van der Waals surface area contributed by atoms with Gasteiger partial charge in [0.1, 0.15) is 5.82 Å². The number of ether oxygens (including phenoxy) is 1. The van der Waals surface area contributed by atoms with Gasteiger partial charge in [-0.2, -0.15) is 0 Å². The molecule has 0 bridgehead atoms. The van der Waals surface area contributed by atoms with Crippen molar-refractivity contribution in [3.05, 3.63) is 71.5 Å². The van der Waals surface area contributed by atoms with Crippen LogP contribution in [0.4, 0.5) is 9.18 Å². The first-order valence-corrected chi connectivity index (χ1v) is 7.70. The zero-order valence-electron chi connectivity index (χ0n) is 13.2. The van der Waals surface area contributed by atoms with Crippen molar-refractivity contribution in [2.24, 2.45) is 0 Å². The Labute approximate surface area is 140 Å². The van der Waals surface area contributed by atoms with Crippen LogP contribution in [0.15, 0.2) is 54.6 Å². The van der Waals surface area contributed by atoms with Gasteiger partial charge >= 0.3 is 6.09 Å². The van der Waals surface area contributed by atoms with Crippen LogP contribution in [0.3, 0.4) is 0 Å². The summed E-state index contributed by atoms with van der Waals surface area (Å²) in [6.07, 6.45) is -1.09. The van der Waals surface area contributed by atoms with Crippen molar-refractivity contribution in [1.82, 2.24) is 10.6 Å². The summed E-state index contributed by atoms with van der Waals surface area (Å²) < 4.78 is 18.4. The molecule has 5 nitrogen and oxygen atoms in total. The summed E-state index contributed by atoms with van der Waals surface area (Å²) in [5.41, 5.74) is 1.96. The minimum absolute atomic E-state index is 0.262. The molecule has 0 aliphatic rings. The molecule has 0 aromatic heterocycles. The predicted octanol–water partition coefficient (Wildman–Crippen LogP) is 2.77. The van der Waals surface area contributed by atoms with Gasteiger partial charge < -0.3 is 20.5 Å². The maximum Gasteiger partial charge on any atom is 0.405 e. The van der Waals surface area contributed by atoms with E-state index in [1.54, 1.807) is 12.1 Å². The third-order valence-corrected chi connectivity index (χ3v) is 3.39. The lowest BCUT2D eigenvalue weighted by molar-refractivity contribution is 0.0960. The fourth-order valence-corrected chi connectivity index (χ4v) is 2.21. The molecule has 0 radical (unpaired) electrons. The third kappa shape index (κ3) is 6.76. The summed E-state index contributed by atoms with van der Waals surface area (Å²) in [7, 11) is 0. The highest BCUT2D eigenvalue weighted by molar-refractivity contribution is 5.64. The van der Waals surface area contributed by atoms with Gasteiger partial charge in [-0.1, -0.05) is 42.5 Å². The number of carboxylic acid groups (broad SMARTS) is 1. The molecule has 2 aromatic carbocycles. The second-order valence-electron chi connectivity index (χ2n) is 5.40. The lowest BCUT2D eigenvalue weighted by atomic mass is 10.2. The van der Waals surface area contributed by atoms with Gasteiger partial charge in [-0.25, -0.2) is 9.18 Å². The van der Waals surface area contributed by atoms with Crippen LogP contribution in [0.2, 0.25) is 0 Å². The van der Waals surface area contributed by atoms with Crippen molar-refractivity contribution in [2.45, 2.75) is 19.2 Å². The average Bonchev–Trinajstić information content (AvgIpc) is 2.57. The minimum atomic E-state index is -1.09. The number of rotatable bonds is 9. The standard InChI is InChI=1S/C18H21FN2O3/c19-16-8-6-14(7-9-16)10-20-11-17(21-18(22)23)13-24-12-15-4-2-1-3-5-15/h1-9,17,20-21H,10-13H2,(H,22,23). The molecule has 1 atom stereocenters. The Balaban J connectivity index is 1.75. The van der Waals surface area contributed by atoms with Gasteiger partial charge in [-0.3, -0.25) is 0 Å². The van der Waals surface area contributed by atoms with Crippen molar-refractivity contribution >= 4 is 6.09 Å². The van der Waals surface area contributed by atoms with Crippen LogP contribution in [-0.4, -0.2) is 30.4 Å². The molecule has 3 N–H and O–H groups in total. The van der Waals surface area contributed by atoms with E-state index >= 15 is 0 Å². The lowest BCUT2D eigenvalue weighted by Gasteiger charge is -2.18. The predicted molar refractivity (Wildman–Crippen MR) is 89.2 cm³/mol. The van der Waals surface area contributed by atoms with E-state index in [9.17, 15) is 9.18 Å². The zero-order chi connectivity index (χ0) is 17.2. The molecular formula is C18H21FN2O3. The average molecular weight is 332 g/mol. The Kier molecular flexibility index (Phi) is 7.20. The molecule has 0 heterocycles. The van der Waals surface area contributed by atoms with E-state index < -0.39 is 6.09 Å². The number of hydrogen-bond donors (Lipinski definition) is 3. The number of benzene rings is 2. The normalized spacial score (nSPS) is 11.9. The van der Waals surface area contributed by atoms with Crippen LogP contribution in [0.25, 0.3) is 0 Å². The summed E-state index contributed by atoms with van der Waals surface area (Å²) in [5, 5.41) is 14.5. The van der Waals surface area contributed by atoms with Gasteiger partial charge in [0.05, 0.1) is 19.3 Å². The Morgan fingerprint density at radius 2 is 1.79 bits per heavy atom. The Morgan fingerprint density at radius 3 is 2.46 bits per heavy atom. The summed E-state index contributed by atoms with van der Waals surface area (Å²) in [6, 6.07) is 15.5. The Bertz CT molecular complexity index is 620. The number of hydrogen-bond acceptors (Lipinski definition) is 3. The smallest absolute Gasteiger partial charge is 0.405 e. The molecule has 0 aliphatic heterocycles. The van der Waals surface area contributed by atoms with Crippen LogP contribution in [0.1, 0.15) is 11.1 Å². The van der Waals surface area contributed by atoms with Crippen molar-refractivity contribution in [2.75, 3.05) is 13.2 Å². The molecule has 0 fully saturated rings. The highest BCUT2D eigenvalue weighted by atomic mass is 19.1. The van der Waals surface area contributed by atoms with Gasteiger partial charge in [-0.05, 0) is 23.3 Å². The molecule has 0 saturated heterocycles. The van der Waals surface area contributed by atoms with Crippen molar-refractivity contribution in [1.29, 1.82) is 0 Å². The fraction of sp³-hybridized carbons (Fsp3) is 0.278. The maximum absolute atomic E-state index is 12.8. The van der Waals surface area contributed by atoms with E-state index in [-0.39, 0.29) is 18.5 Å². The van der Waals surface area contributed by atoms with E-state index in [0.717, 1.165) is 11.1 Å². The molecule has 0 spiro atoms. The molecule has 6 heteroatoms. The van der Waals surface area contributed by atoms with Crippen LogP contribution in [0, 0.1) is 5.82 Å². The molecule has 2 rings (SSSR count). The number of halogens is 1. The highest BCUT2D eigenvalue weighted by Crippen LogP contribution is 2.03. The Hall–Kier alpha value is -2.44. The Morgan fingerprint density at radius 1 is 1.08 bits per heavy atom. The maximum atomic E-state index is 12.8. The topological polar surface area (TPSA) is 70.6 Å². The third-order valence-electron chi connectivity index (χ3n) is 3.39. The van der Waals surface area contributed by atoms with E-state index in [1.807, 2.05) is 30.3 Å². The van der Waals surface area contributed by atoms with Crippen LogP contribution in [-0.2, 0) is 17.9 Å². The summed E-state index contributed by atoms with van der Waals surface area (Å²) in [6.45, 7) is 1.63. The van der Waals surface area contributed by atoms with Gasteiger partial charge in [0.25, 0.3) is 0 Å². The van der Waals surface area contributed by atoms with E-state index in [2.05, 4.69) is 10.6 Å². The van der Waals surface area contributed by atoms with Crippen LogP contribution >= 0.6 is 0 Å².